The molecule has 0 heteroatoms. The first kappa shape index (κ1) is 2.02. The second kappa shape index (κ2) is 0.160. The monoisotopic (exact) mass is 120 g/mol. The summed E-state index contributed by atoms with van der Waals surface area (Å²) in [6, 6.07) is 0. The lowest BCUT2D eigenvalue weighted by Gasteiger charge is -2.23. The molecule has 0 atom stereocenters. The molecular formula is C10. The number of hydrogen-bond donors (Lipinski definition) is 0. The fourth-order valence-corrected chi connectivity index (χ4v) is 13.4. The zero-order valence-corrected chi connectivity index (χ0v) is 5.00. The Balaban J connectivity index is 2.22. The minimum absolute atomic E-state index is 1.25. The lowest BCUT2D eigenvalue weighted by atomic mass is 9.78. The summed E-state index contributed by atoms with van der Waals surface area (Å²) in [4.78, 5) is 0. The lowest BCUT2D eigenvalue weighted by Crippen LogP contribution is -2.23. The SMILES string of the molecule is C123C45C16C21C62C16C17C34C51C276. The highest BCUT2D eigenvalue weighted by Gasteiger charge is 4.01. The Bertz CT molecular complexity index is 354. The van der Waals surface area contributed by atoms with Crippen LogP contribution in [0.25, 0.3) is 0 Å². The van der Waals surface area contributed by atoms with Crippen LogP contribution in [0.4, 0.5) is 0 Å². The highest BCUT2D eigenvalue weighted by molar-refractivity contribution is 6.44. The van der Waals surface area contributed by atoms with E-state index in [0.29, 0.717) is 0 Å². The van der Waals surface area contributed by atoms with Crippen molar-refractivity contribution in [3.05, 3.63) is 0 Å². The van der Waals surface area contributed by atoms with Gasteiger partial charge < -0.3 is 0 Å². The van der Waals surface area contributed by atoms with Crippen molar-refractivity contribution in [2.75, 3.05) is 0 Å². The van der Waals surface area contributed by atoms with E-state index in [-0.39, 0.29) is 0 Å². The molecule has 0 amide bonds. The van der Waals surface area contributed by atoms with Gasteiger partial charge in [-0.2, -0.15) is 0 Å². The van der Waals surface area contributed by atoms with Crippen molar-refractivity contribution in [3.8, 4) is 0 Å². The maximum atomic E-state index is 1.25. The molecule has 0 aliphatic heterocycles. The summed E-state index contributed by atoms with van der Waals surface area (Å²) in [5.74, 6) is 0. The molecule has 11 aliphatic carbocycles. The van der Waals surface area contributed by atoms with E-state index in [1.54, 1.807) is 0 Å². The smallest absolute Gasteiger partial charge is 0 e. The highest BCUT2D eigenvalue weighted by atomic mass is 16.0. The first-order valence-corrected chi connectivity index (χ1v) is 5.00. The molecule has 11 aliphatic rings. The van der Waals surface area contributed by atoms with E-state index in [1.165, 1.54) is 54.1 Å². The molecule has 10 heavy (non-hydrogen) atoms. The van der Waals surface area contributed by atoms with Crippen LogP contribution < -0.4 is 0 Å². The van der Waals surface area contributed by atoms with E-state index < -0.39 is 0 Å². The molecule has 0 N–H and O–H groups in total. The average molecular weight is 120 g/mol. The van der Waals surface area contributed by atoms with Crippen LogP contribution in [-0.4, -0.2) is 0 Å². The van der Waals surface area contributed by atoms with Gasteiger partial charge >= 0.3 is 0 Å². The fourth-order valence-electron chi connectivity index (χ4n) is 13.4. The van der Waals surface area contributed by atoms with Crippen molar-refractivity contribution in [2.45, 2.75) is 0 Å². The summed E-state index contributed by atoms with van der Waals surface area (Å²) in [6.45, 7) is 0. The van der Waals surface area contributed by atoms with Crippen LogP contribution >= 0.6 is 0 Å². The lowest BCUT2D eigenvalue weighted by molar-refractivity contribution is 0.198. The van der Waals surface area contributed by atoms with Crippen LogP contribution in [-0.2, 0) is 0 Å². The third-order valence-corrected chi connectivity index (χ3v) is 10.6. The van der Waals surface area contributed by atoms with Gasteiger partial charge in [0.1, 0.15) is 0 Å². The summed E-state index contributed by atoms with van der Waals surface area (Å²) in [7, 11) is 0. The summed E-state index contributed by atoms with van der Waals surface area (Å²) in [5, 5.41) is 0. The molecule has 0 aromatic rings. The van der Waals surface area contributed by atoms with Gasteiger partial charge in [-0.1, -0.05) is 0 Å². The van der Waals surface area contributed by atoms with Gasteiger partial charge in [0.05, 0.1) is 0 Å². The van der Waals surface area contributed by atoms with Crippen molar-refractivity contribution in [1.82, 2.24) is 0 Å². The molecule has 0 nitrogen and oxygen atoms in total. The molecule has 0 aromatic carbocycles. The van der Waals surface area contributed by atoms with Crippen molar-refractivity contribution in [3.63, 3.8) is 0 Å². The van der Waals surface area contributed by atoms with Gasteiger partial charge in [0.15, 0.2) is 0 Å². The molecule has 11 rings (SSSR count). The standard InChI is InChI=1S/C10/c1-2-3(1)5(1)7(3)9(5)8-4(1,2)6(2,8)10(7,8)9. The van der Waals surface area contributed by atoms with E-state index in [1.807, 2.05) is 0 Å². The third-order valence-electron chi connectivity index (χ3n) is 10.6. The summed E-state index contributed by atoms with van der Waals surface area (Å²) in [5.41, 5.74) is 12.5. The van der Waals surface area contributed by atoms with Gasteiger partial charge in [-0.25, -0.2) is 0 Å². The van der Waals surface area contributed by atoms with Crippen LogP contribution in [0, 0.1) is 54.1 Å². The number of rotatable bonds is 0. The van der Waals surface area contributed by atoms with Gasteiger partial charge in [-0.3, -0.25) is 0 Å². The zero-order chi connectivity index (χ0) is 5.00. The van der Waals surface area contributed by atoms with Gasteiger partial charge in [0.2, 0.25) is 0 Å². The van der Waals surface area contributed by atoms with E-state index in [0.717, 1.165) is 0 Å². The topological polar surface area (TPSA) is 0 Å². The molecule has 11 fully saturated rings. The Labute approximate surface area is 55.0 Å². The average Bonchev–Trinajstić information content (AvgIpc) is 2.46. The maximum absolute atomic E-state index is 1.25. The maximum Gasteiger partial charge on any atom is 0 e. The van der Waals surface area contributed by atoms with Crippen molar-refractivity contribution in [1.29, 1.82) is 0 Å². The van der Waals surface area contributed by atoms with Gasteiger partial charge in [-0.15, -0.1) is 0 Å². The molecule has 0 radical (unpaired) electrons. The molecule has 11 saturated carbocycles. The minimum atomic E-state index is 1.25. The third kappa shape index (κ3) is 0.0153. The first-order valence-electron chi connectivity index (χ1n) is 5.00. The molecule has 4 spiro atoms. The summed E-state index contributed by atoms with van der Waals surface area (Å²) >= 11 is 0. The predicted molar refractivity (Wildman–Crippen MR) is 24.3 cm³/mol. The van der Waals surface area contributed by atoms with Crippen LogP contribution in [0.5, 0.6) is 0 Å². The molecule has 0 unspecified atom stereocenters. The quantitative estimate of drug-likeness (QED) is 0.422. The molecular weight excluding hydrogens is 120 g/mol. The molecule has 10 bridgehead atoms. The molecule has 40 valence electrons. The van der Waals surface area contributed by atoms with E-state index >= 15 is 0 Å². The Hall–Kier alpha value is 0. The largest absolute Gasteiger partial charge is 0 e. The van der Waals surface area contributed by atoms with Gasteiger partial charge in [0, 0.05) is 54.1 Å². The number of hydrogen-bond acceptors (Lipinski definition) is 0. The second-order valence-corrected chi connectivity index (χ2v) is 7.50. The van der Waals surface area contributed by atoms with Crippen LogP contribution in [0.1, 0.15) is 0 Å². The Morgan fingerprint density at radius 1 is 0.200 bits per heavy atom. The van der Waals surface area contributed by atoms with E-state index in [4.69, 9.17) is 0 Å². The zero-order valence-electron chi connectivity index (χ0n) is 5.00. The van der Waals surface area contributed by atoms with Crippen LogP contribution in [0.3, 0.4) is 0 Å². The highest BCUT2D eigenvalue weighted by Crippen LogP contribution is 4.01. The van der Waals surface area contributed by atoms with E-state index in [2.05, 4.69) is 0 Å². The Kier molecular flexibility index (Phi) is 0.0324. The van der Waals surface area contributed by atoms with Gasteiger partial charge in [0.25, 0.3) is 0 Å². The summed E-state index contributed by atoms with van der Waals surface area (Å²) < 4.78 is 0. The summed E-state index contributed by atoms with van der Waals surface area (Å²) in [6.07, 6.45) is 0. The van der Waals surface area contributed by atoms with Crippen LogP contribution in [0.15, 0.2) is 0 Å². The van der Waals surface area contributed by atoms with E-state index in [9.17, 15) is 0 Å². The van der Waals surface area contributed by atoms with Crippen molar-refractivity contribution < 1.29 is 0 Å². The second-order valence-electron chi connectivity index (χ2n) is 7.50. The van der Waals surface area contributed by atoms with Gasteiger partial charge in [-0.05, 0) is 0 Å². The normalized spacial score (nSPS) is 192. The van der Waals surface area contributed by atoms with Crippen molar-refractivity contribution in [2.24, 2.45) is 54.1 Å². The fraction of sp³-hybridized carbons (Fsp3) is 1.00. The molecule has 0 aromatic heterocycles. The Morgan fingerprint density at radius 3 is 0.400 bits per heavy atom. The van der Waals surface area contributed by atoms with Crippen LogP contribution in [0.2, 0.25) is 0 Å². The predicted octanol–water partition coefficient (Wildman–Crippen LogP) is 0. The Morgan fingerprint density at radius 2 is 0.300 bits per heavy atom. The van der Waals surface area contributed by atoms with Crippen molar-refractivity contribution >= 4 is 0 Å². The first-order chi connectivity index (χ1) is 5.00. The minimum Gasteiger partial charge on any atom is 0 e. The molecule has 0 heterocycles. The molecule has 0 saturated heterocycles.